The zero-order valence-electron chi connectivity index (χ0n) is 17.2. The maximum Gasteiger partial charge on any atom is 0.501 e. The lowest BCUT2D eigenvalue weighted by atomic mass is 10.1. The van der Waals surface area contributed by atoms with Crippen molar-refractivity contribution < 1.29 is 26.3 Å². The quantitative estimate of drug-likeness (QED) is 0.557. The minimum Gasteiger partial charge on any atom is -0.489 e. The molecule has 1 aliphatic rings. The Labute approximate surface area is 192 Å². The molecule has 0 bridgehead atoms. The van der Waals surface area contributed by atoms with E-state index in [1.165, 1.54) is 12.1 Å². The van der Waals surface area contributed by atoms with E-state index in [9.17, 15) is 26.4 Å². The molecule has 2 aromatic carbocycles. The topological polar surface area (TPSA) is 79.5 Å². The van der Waals surface area contributed by atoms with Gasteiger partial charge in [0.05, 0.1) is 9.92 Å². The third-order valence-electron chi connectivity index (χ3n) is 5.60. The monoisotopic (exact) mass is 500 g/mol. The Morgan fingerprint density at radius 1 is 1.09 bits per heavy atom. The minimum absolute atomic E-state index is 0.0718. The minimum atomic E-state index is -5.34. The molecule has 0 aliphatic carbocycles. The molecule has 1 aromatic heterocycles. The number of fused-ring (bicyclic) bond motifs is 1. The number of halogens is 4. The Balaban J connectivity index is 1.36. The van der Waals surface area contributed by atoms with Gasteiger partial charge >= 0.3 is 5.51 Å². The number of hydrogen-bond acceptors (Lipinski definition) is 5. The van der Waals surface area contributed by atoms with Gasteiger partial charge in [0.2, 0.25) is 0 Å². The molecule has 0 unspecified atom stereocenters. The number of nitrogens with zero attached hydrogens (tertiary/aromatic N) is 1. The number of benzene rings is 2. The van der Waals surface area contributed by atoms with E-state index in [1.54, 1.807) is 24.4 Å². The van der Waals surface area contributed by atoms with E-state index >= 15 is 0 Å². The van der Waals surface area contributed by atoms with Crippen molar-refractivity contribution in [3.63, 3.8) is 0 Å². The number of rotatable bonds is 5. The first-order valence-electron chi connectivity index (χ1n) is 10.1. The number of piperidine rings is 1. The highest BCUT2D eigenvalue weighted by Crippen LogP contribution is 2.32. The Morgan fingerprint density at radius 2 is 1.76 bits per heavy atom. The molecule has 0 spiro atoms. The fraction of sp³-hybridized carbons (Fsp3) is 0.318. The summed E-state index contributed by atoms with van der Waals surface area (Å²) >= 11 is 6.30. The maximum atomic E-state index is 12.7. The van der Waals surface area contributed by atoms with Crippen molar-refractivity contribution in [3.8, 4) is 5.75 Å². The van der Waals surface area contributed by atoms with Crippen molar-refractivity contribution in [2.45, 2.75) is 35.9 Å². The molecule has 1 N–H and O–H groups in total. The van der Waals surface area contributed by atoms with Crippen molar-refractivity contribution in [1.82, 2.24) is 9.88 Å². The zero-order chi connectivity index (χ0) is 23.8. The van der Waals surface area contributed by atoms with Gasteiger partial charge in [-0.15, -0.1) is 0 Å². The first kappa shape index (κ1) is 23.6. The molecule has 0 saturated carbocycles. The Hall–Kier alpha value is -2.56. The fourth-order valence-electron chi connectivity index (χ4n) is 3.81. The average molecular weight is 501 g/mol. The van der Waals surface area contributed by atoms with Crippen molar-refractivity contribution in [2.24, 2.45) is 0 Å². The molecule has 0 amide bonds. The van der Waals surface area contributed by atoms with E-state index in [-0.39, 0.29) is 11.7 Å². The molecule has 1 aliphatic heterocycles. The van der Waals surface area contributed by atoms with Gasteiger partial charge in [0.25, 0.3) is 15.4 Å². The van der Waals surface area contributed by atoms with E-state index in [1.807, 2.05) is 0 Å². The summed E-state index contributed by atoms with van der Waals surface area (Å²) in [6.45, 7) is 1.87. The molecule has 176 valence electrons. The highest BCUT2D eigenvalue weighted by molar-refractivity contribution is 7.92. The van der Waals surface area contributed by atoms with E-state index < -0.39 is 20.2 Å². The van der Waals surface area contributed by atoms with Gasteiger partial charge < -0.3 is 9.72 Å². The number of sulfone groups is 1. The van der Waals surface area contributed by atoms with Crippen molar-refractivity contribution in [1.29, 1.82) is 0 Å². The predicted octanol–water partition coefficient (Wildman–Crippen LogP) is 4.52. The number of likely N-dealkylation sites (tertiary alicyclic amines) is 1. The van der Waals surface area contributed by atoms with Crippen molar-refractivity contribution >= 4 is 32.2 Å². The summed E-state index contributed by atoms with van der Waals surface area (Å²) in [5.74, 6) is 0.509. The van der Waals surface area contributed by atoms with Crippen LogP contribution in [0.4, 0.5) is 13.2 Å². The number of aromatic amines is 1. The van der Waals surface area contributed by atoms with Crippen LogP contribution in [-0.4, -0.2) is 43.0 Å². The summed E-state index contributed by atoms with van der Waals surface area (Å²) in [5.41, 5.74) is -4.82. The second kappa shape index (κ2) is 9.00. The summed E-state index contributed by atoms with van der Waals surface area (Å²) in [6, 6.07) is 9.88. The molecule has 1 fully saturated rings. The van der Waals surface area contributed by atoms with Gasteiger partial charge in [-0.05, 0) is 54.1 Å². The summed E-state index contributed by atoms with van der Waals surface area (Å²) in [7, 11) is -5.34. The van der Waals surface area contributed by atoms with Gasteiger partial charge in [0.1, 0.15) is 11.9 Å². The Kier molecular flexibility index (Phi) is 6.43. The van der Waals surface area contributed by atoms with Crippen LogP contribution in [0.2, 0.25) is 5.02 Å². The average Bonchev–Trinajstić information content (AvgIpc) is 2.76. The first-order chi connectivity index (χ1) is 15.5. The van der Waals surface area contributed by atoms with E-state index in [0.717, 1.165) is 23.1 Å². The third kappa shape index (κ3) is 5.02. The van der Waals surface area contributed by atoms with E-state index in [4.69, 9.17) is 16.3 Å². The standard InChI is InChI=1S/C22H20ClF3N2O4S/c23-19-12-18-15(5-8-27-21(18)29)11-20(19)32-16-6-9-28(10-7-16)13-14-1-3-17(4-2-14)33(30,31)22(24,25)26/h1-5,8,11-12,16H,6-7,9-10,13H2,(H,27,29). The summed E-state index contributed by atoms with van der Waals surface area (Å²) in [6.07, 6.45) is 2.91. The molecular formula is C22H20ClF3N2O4S. The van der Waals surface area contributed by atoms with E-state index in [0.29, 0.717) is 48.6 Å². The number of alkyl halides is 3. The van der Waals surface area contributed by atoms with Crippen LogP contribution < -0.4 is 10.3 Å². The number of hydrogen-bond donors (Lipinski definition) is 1. The molecule has 2 heterocycles. The smallest absolute Gasteiger partial charge is 0.489 e. The first-order valence-corrected chi connectivity index (χ1v) is 12.0. The molecule has 4 rings (SSSR count). The van der Waals surface area contributed by atoms with Gasteiger partial charge in [-0.25, -0.2) is 8.42 Å². The molecule has 6 nitrogen and oxygen atoms in total. The lowest BCUT2D eigenvalue weighted by molar-refractivity contribution is -0.0436. The van der Waals surface area contributed by atoms with Crippen molar-refractivity contribution in [3.05, 3.63) is 69.6 Å². The van der Waals surface area contributed by atoms with E-state index in [2.05, 4.69) is 9.88 Å². The SMILES string of the molecule is O=c1[nH]ccc2cc(OC3CCN(Cc4ccc(S(=O)(=O)C(F)(F)F)cc4)CC3)c(Cl)cc12. The van der Waals surface area contributed by atoms with Gasteiger partial charge in [0, 0.05) is 31.2 Å². The summed E-state index contributed by atoms with van der Waals surface area (Å²) in [5, 5.41) is 1.57. The van der Waals surface area contributed by atoms with Crippen LogP contribution in [0.5, 0.6) is 5.75 Å². The molecule has 0 atom stereocenters. The molecule has 3 aromatic rings. The lowest BCUT2D eigenvalue weighted by Crippen LogP contribution is -2.37. The molecular weight excluding hydrogens is 481 g/mol. The van der Waals surface area contributed by atoms with Gasteiger partial charge in [0.15, 0.2) is 0 Å². The molecule has 11 heteroatoms. The second-order valence-electron chi connectivity index (χ2n) is 7.86. The maximum absolute atomic E-state index is 12.7. The van der Waals surface area contributed by atoms with Crippen LogP contribution in [-0.2, 0) is 16.4 Å². The van der Waals surface area contributed by atoms with Crippen LogP contribution in [0, 0.1) is 0 Å². The second-order valence-corrected chi connectivity index (χ2v) is 10.2. The van der Waals surface area contributed by atoms with Gasteiger partial charge in [-0.1, -0.05) is 23.7 Å². The summed E-state index contributed by atoms with van der Waals surface area (Å²) < 4.78 is 67.0. The van der Waals surface area contributed by atoms with Crippen LogP contribution >= 0.6 is 11.6 Å². The highest BCUT2D eigenvalue weighted by atomic mass is 35.5. The number of aromatic nitrogens is 1. The summed E-state index contributed by atoms with van der Waals surface area (Å²) in [4.78, 5) is 15.8. The molecule has 33 heavy (non-hydrogen) atoms. The number of pyridine rings is 1. The Morgan fingerprint density at radius 3 is 2.39 bits per heavy atom. The number of nitrogens with one attached hydrogen (secondary N) is 1. The van der Waals surface area contributed by atoms with Crippen molar-refractivity contribution in [2.75, 3.05) is 13.1 Å². The largest absolute Gasteiger partial charge is 0.501 e. The van der Waals surface area contributed by atoms with Crippen LogP contribution in [0.15, 0.2) is 58.4 Å². The fourth-order valence-corrected chi connectivity index (χ4v) is 4.78. The number of H-pyrrole nitrogens is 1. The molecule has 0 radical (unpaired) electrons. The Bertz CT molecular complexity index is 1320. The zero-order valence-corrected chi connectivity index (χ0v) is 18.8. The van der Waals surface area contributed by atoms with Gasteiger partial charge in [-0.2, -0.15) is 13.2 Å². The van der Waals surface area contributed by atoms with Crippen LogP contribution in [0.1, 0.15) is 18.4 Å². The normalized spacial score (nSPS) is 16.2. The highest BCUT2D eigenvalue weighted by Gasteiger charge is 2.46. The van der Waals surface area contributed by atoms with Gasteiger partial charge in [-0.3, -0.25) is 9.69 Å². The molecule has 1 saturated heterocycles. The lowest BCUT2D eigenvalue weighted by Gasteiger charge is -2.32. The predicted molar refractivity (Wildman–Crippen MR) is 118 cm³/mol. The van der Waals surface area contributed by atoms with Crippen LogP contribution in [0.25, 0.3) is 10.8 Å². The van der Waals surface area contributed by atoms with Crippen LogP contribution in [0.3, 0.4) is 0 Å². The number of ether oxygens (including phenoxy) is 1. The third-order valence-corrected chi connectivity index (χ3v) is 7.40.